The Balaban J connectivity index is 1.70. The van der Waals surface area contributed by atoms with Gasteiger partial charge in [-0.15, -0.1) is 0 Å². The Morgan fingerprint density at radius 3 is 2.90 bits per heavy atom. The minimum Gasteiger partial charge on any atom is -0.399 e. The number of carbonyl (C=O) groups is 1. The van der Waals surface area contributed by atoms with Crippen LogP contribution in [-0.4, -0.2) is 28.4 Å². The van der Waals surface area contributed by atoms with Crippen molar-refractivity contribution in [3.63, 3.8) is 0 Å². The van der Waals surface area contributed by atoms with Crippen LogP contribution >= 0.6 is 0 Å². The van der Waals surface area contributed by atoms with Crippen LogP contribution in [0.3, 0.4) is 0 Å². The van der Waals surface area contributed by atoms with Crippen molar-refractivity contribution in [3.8, 4) is 5.69 Å². The van der Waals surface area contributed by atoms with E-state index in [4.69, 9.17) is 10.5 Å². The van der Waals surface area contributed by atoms with Gasteiger partial charge < -0.3 is 15.8 Å². The number of nitrogen functional groups attached to an aromatic ring is 1. The maximum atomic E-state index is 12.1. The van der Waals surface area contributed by atoms with Gasteiger partial charge in [0, 0.05) is 18.4 Å². The van der Waals surface area contributed by atoms with Crippen molar-refractivity contribution in [2.75, 3.05) is 17.7 Å². The van der Waals surface area contributed by atoms with E-state index in [0.717, 1.165) is 25.1 Å². The number of ether oxygens (including phenoxy) is 1. The van der Waals surface area contributed by atoms with Crippen molar-refractivity contribution in [1.29, 1.82) is 0 Å². The van der Waals surface area contributed by atoms with Crippen molar-refractivity contribution in [3.05, 3.63) is 36.5 Å². The average Bonchev–Trinajstić information content (AvgIpc) is 3.11. The van der Waals surface area contributed by atoms with Crippen molar-refractivity contribution < 1.29 is 9.53 Å². The van der Waals surface area contributed by atoms with Crippen LogP contribution in [0.5, 0.6) is 0 Å². The molecule has 0 aliphatic carbocycles. The molecule has 2 heterocycles. The minimum absolute atomic E-state index is 0.0397. The monoisotopic (exact) mass is 286 g/mol. The predicted octanol–water partition coefficient (Wildman–Crippen LogP) is 1.96. The molecule has 0 saturated carbocycles. The number of benzene rings is 1. The molecule has 3 N–H and O–H groups in total. The lowest BCUT2D eigenvalue weighted by Crippen LogP contribution is -2.20. The van der Waals surface area contributed by atoms with E-state index in [1.54, 1.807) is 29.1 Å². The summed E-state index contributed by atoms with van der Waals surface area (Å²) in [5.41, 5.74) is 7.22. The first-order chi connectivity index (χ1) is 10.2. The van der Waals surface area contributed by atoms with Gasteiger partial charge in [0.2, 0.25) is 5.91 Å². The van der Waals surface area contributed by atoms with Crippen LogP contribution in [0.25, 0.3) is 5.69 Å². The summed E-state index contributed by atoms with van der Waals surface area (Å²) in [5, 5.41) is 7.11. The Hall–Kier alpha value is -2.34. The molecule has 0 bridgehead atoms. The lowest BCUT2D eigenvalue weighted by atomic mass is 10.2. The molecule has 1 amide bonds. The van der Waals surface area contributed by atoms with Crippen LogP contribution in [-0.2, 0) is 9.53 Å². The van der Waals surface area contributed by atoms with E-state index >= 15 is 0 Å². The van der Waals surface area contributed by atoms with Crippen LogP contribution in [0, 0.1) is 0 Å². The number of hydrogen-bond acceptors (Lipinski definition) is 4. The second-order valence-electron chi connectivity index (χ2n) is 5.11. The van der Waals surface area contributed by atoms with Gasteiger partial charge in [-0.25, -0.2) is 4.68 Å². The summed E-state index contributed by atoms with van der Waals surface area (Å²) < 4.78 is 7.15. The number of anilines is 2. The number of nitrogens with one attached hydrogen (secondary N) is 1. The summed E-state index contributed by atoms with van der Waals surface area (Å²) in [6, 6.07) is 9.09. The van der Waals surface area contributed by atoms with E-state index in [-0.39, 0.29) is 12.0 Å². The first kappa shape index (κ1) is 13.6. The molecule has 110 valence electrons. The number of carbonyl (C=O) groups excluding carboxylic acids is 1. The van der Waals surface area contributed by atoms with E-state index in [9.17, 15) is 4.79 Å². The Morgan fingerprint density at radius 1 is 1.38 bits per heavy atom. The Morgan fingerprint density at radius 2 is 2.19 bits per heavy atom. The normalized spacial score (nSPS) is 17.8. The average molecular weight is 286 g/mol. The van der Waals surface area contributed by atoms with Crippen LogP contribution in [0.1, 0.15) is 19.3 Å². The van der Waals surface area contributed by atoms with Crippen LogP contribution in [0.4, 0.5) is 11.5 Å². The van der Waals surface area contributed by atoms with Crippen molar-refractivity contribution in [2.24, 2.45) is 0 Å². The molecule has 0 spiro atoms. The maximum absolute atomic E-state index is 12.1. The zero-order chi connectivity index (χ0) is 14.7. The first-order valence-electron chi connectivity index (χ1n) is 7.04. The fourth-order valence-corrected chi connectivity index (χ4v) is 2.43. The molecular formula is C15H18N4O2. The molecule has 2 aromatic rings. The molecule has 1 aliphatic rings. The van der Waals surface area contributed by atoms with E-state index in [2.05, 4.69) is 10.4 Å². The molecule has 21 heavy (non-hydrogen) atoms. The first-order valence-corrected chi connectivity index (χ1v) is 7.04. The number of aromatic nitrogens is 2. The molecular weight excluding hydrogens is 268 g/mol. The predicted molar refractivity (Wildman–Crippen MR) is 80.2 cm³/mol. The smallest absolute Gasteiger partial charge is 0.228 e. The van der Waals surface area contributed by atoms with Gasteiger partial charge in [-0.05, 0) is 37.1 Å². The molecule has 0 radical (unpaired) electrons. The van der Waals surface area contributed by atoms with Crippen LogP contribution < -0.4 is 11.1 Å². The maximum Gasteiger partial charge on any atom is 0.228 e. The summed E-state index contributed by atoms with van der Waals surface area (Å²) in [6.07, 6.45) is 4.05. The van der Waals surface area contributed by atoms with Crippen molar-refractivity contribution in [2.45, 2.75) is 25.4 Å². The molecule has 1 aliphatic heterocycles. The SMILES string of the molecule is Nc1ccc(-n2nccc2NC(=O)CC2CCCO2)cc1. The van der Waals surface area contributed by atoms with Crippen LogP contribution in [0.15, 0.2) is 36.5 Å². The summed E-state index contributed by atoms with van der Waals surface area (Å²) in [5.74, 6) is 0.585. The van der Waals surface area contributed by atoms with E-state index in [1.165, 1.54) is 0 Å². The molecule has 1 fully saturated rings. The highest BCUT2D eigenvalue weighted by molar-refractivity contribution is 5.90. The second-order valence-corrected chi connectivity index (χ2v) is 5.11. The topological polar surface area (TPSA) is 82.2 Å². The van der Waals surface area contributed by atoms with Gasteiger partial charge in [0.05, 0.1) is 24.4 Å². The molecule has 1 atom stereocenters. The standard InChI is InChI=1S/C15H18N4O2/c16-11-3-5-12(6-4-11)19-14(7-8-17-19)18-15(20)10-13-2-1-9-21-13/h3-8,13H,1-2,9-10,16H2,(H,18,20). The van der Waals surface area contributed by atoms with Crippen molar-refractivity contribution >= 4 is 17.4 Å². The molecule has 3 rings (SSSR count). The van der Waals surface area contributed by atoms with E-state index in [0.29, 0.717) is 17.9 Å². The van der Waals surface area contributed by atoms with Gasteiger partial charge in [-0.3, -0.25) is 4.79 Å². The highest BCUT2D eigenvalue weighted by Gasteiger charge is 2.19. The quantitative estimate of drug-likeness (QED) is 0.842. The van der Waals surface area contributed by atoms with Gasteiger partial charge in [0.15, 0.2) is 0 Å². The van der Waals surface area contributed by atoms with E-state index in [1.807, 2.05) is 12.1 Å². The lowest BCUT2D eigenvalue weighted by molar-refractivity contribution is -0.118. The van der Waals surface area contributed by atoms with Gasteiger partial charge in [-0.2, -0.15) is 5.10 Å². The zero-order valence-corrected chi connectivity index (χ0v) is 11.7. The van der Waals surface area contributed by atoms with Crippen molar-refractivity contribution in [1.82, 2.24) is 9.78 Å². The third kappa shape index (κ3) is 3.22. The number of nitrogens with zero attached hydrogens (tertiary/aromatic N) is 2. The van der Waals surface area contributed by atoms with Gasteiger partial charge in [0.25, 0.3) is 0 Å². The third-order valence-corrected chi connectivity index (χ3v) is 3.48. The lowest BCUT2D eigenvalue weighted by Gasteiger charge is -2.11. The summed E-state index contributed by atoms with van der Waals surface area (Å²) in [7, 11) is 0. The Bertz CT molecular complexity index is 615. The number of nitrogens with two attached hydrogens (primary N) is 1. The fraction of sp³-hybridized carbons (Fsp3) is 0.333. The van der Waals surface area contributed by atoms with Crippen LogP contribution in [0.2, 0.25) is 0 Å². The van der Waals surface area contributed by atoms with Gasteiger partial charge in [-0.1, -0.05) is 0 Å². The zero-order valence-electron chi connectivity index (χ0n) is 11.7. The molecule has 1 unspecified atom stereocenters. The summed E-state index contributed by atoms with van der Waals surface area (Å²) in [6.45, 7) is 0.751. The Kier molecular flexibility index (Phi) is 3.87. The molecule has 1 saturated heterocycles. The highest BCUT2D eigenvalue weighted by atomic mass is 16.5. The van der Waals surface area contributed by atoms with Gasteiger partial charge in [0.1, 0.15) is 5.82 Å². The number of hydrogen-bond donors (Lipinski definition) is 2. The number of amides is 1. The van der Waals surface area contributed by atoms with Gasteiger partial charge >= 0.3 is 0 Å². The van der Waals surface area contributed by atoms with E-state index < -0.39 is 0 Å². The molecule has 1 aromatic heterocycles. The fourth-order valence-electron chi connectivity index (χ4n) is 2.43. The highest BCUT2D eigenvalue weighted by Crippen LogP contribution is 2.19. The largest absolute Gasteiger partial charge is 0.399 e. The molecule has 6 heteroatoms. The molecule has 1 aromatic carbocycles. The summed E-state index contributed by atoms with van der Waals surface area (Å²) >= 11 is 0. The number of rotatable bonds is 4. The summed E-state index contributed by atoms with van der Waals surface area (Å²) in [4.78, 5) is 12.1. The minimum atomic E-state index is -0.0564. The molecule has 6 nitrogen and oxygen atoms in total. The second kappa shape index (κ2) is 5.97. The Labute approximate surface area is 122 Å². The third-order valence-electron chi connectivity index (χ3n) is 3.48.